The zero-order valence-electron chi connectivity index (χ0n) is 12.3. The van der Waals surface area contributed by atoms with Crippen LogP contribution in [-0.2, 0) is 11.2 Å². The molecule has 0 fully saturated rings. The van der Waals surface area contributed by atoms with Gasteiger partial charge in [-0.1, -0.05) is 46.9 Å². The SMILES string of the molecule is COc1ccc(CCC(=O)NNc2c(Cl)cc(Cl)cc2Cl)cc1. The second-order valence-electron chi connectivity index (χ2n) is 4.77. The Labute approximate surface area is 149 Å². The van der Waals surface area contributed by atoms with Crippen molar-refractivity contribution in [2.75, 3.05) is 12.5 Å². The minimum Gasteiger partial charge on any atom is -0.497 e. The van der Waals surface area contributed by atoms with Gasteiger partial charge in [0.15, 0.2) is 0 Å². The van der Waals surface area contributed by atoms with Gasteiger partial charge in [-0.3, -0.25) is 15.6 Å². The monoisotopic (exact) mass is 372 g/mol. The van der Waals surface area contributed by atoms with Crippen LogP contribution in [0.15, 0.2) is 36.4 Å². The molecule has 0 saturated carbocycles. The maximum absolute atomic E-state index is 11.9. The molecule has 0 spiro atoms. The standard InChI is InChI=1S/C16H15Cl3N2O2/c1-23-12-5-2-10(3-6-12)4-7-15(22)20-21-16-13(18)8-11(17)9-14(16)19/h2-3,5-6,8-9,21H,4,7H2,1H3,(H,20,22). The molecule has 2 aromatic rings. The molecule has 0 saturated heterocycles. The maximum atomic E-state index is 11.9. The Bertz CT molecular complexity index is 667. The summed E-state index contributed by atoms with van der Waals surface area (Å²) in [5.74, 6) is 0.606. The van der Waals surface area contributed by atoms with Gasteiger partial charge in [-0.25, -0.2) is 0 Å². The van der Waals surface area contributed by atoms with Crippen LogP contribution in [0.2, 0.25) is 15.1 Å². The van der Waals surface area contributed by atoms with E-state index in [1.54, 1.807) is 19.2 Å². The van der Waals surface area contributed by atoms with E-state index in [0.29, 0.717) is 33.6 Å². The number of hydrogen-bond donors (Lipinski definition) is 2. The predicted molar refractivity (Wildman–Crippen MR) is 94.6 cm³/mol. The molecule has 0 aromatic heterocycles. The third-order valence-corrected chi connectivity index (χ3v) is 3.95. The summed E-state index contributed by atoms with van der Waals surface area (Å²) in [6, 6.07) is 10.7. The minimum atomic E-state index is -0.178. The summed E-state index contributed by atoms with van der Waals surface area (Å²) in [7, 11) is 1.61. The lowest BCUT2D eigenvalue weighted by Crippen LogP contribution is -2.29. The Morgan fingerprint density at radius 3 is 2.26 bits per heavy atom. The molecule has 7 heteroatoms. The second-order valence-corrected chi connectivity index (χ2v) is 6.02. The lowest BCUT2D eigenvalue weighted by atomic mass is 10.1. The zero-order chi connectivity index (χ0) is 16.8. The number of methoxy groups -OCH3 is 1. The van der Waals surface area contributed by atoms with Gasteiger partial charge in [0.1, 0.15) is 5.75 Å². The van der Waals surface area contributed by atoms with Crippen LogP contribution in [-0.4, -0.2) is 13.0 Å². The Morgan fingerprint density at radius 1 is 1.09 bits per heavy atom. The molecule has 0 heterocycles. The van der Waals surface area contributed by atoms with E-state index in [1.165, 1.54) is 0 Å². The van der Waals surface area contributed by atoms with E-state index in [9.17, 15) is 4.79 Å². The highest BCUT2D eigenvalue weighted by Crippen LogP contribution is 2.33. The van der Waals surface area contributed by atoms with Gasteiger partial charge in [-0.05, 0) is 36.2 Å². The number of anilines is 1. The van der Waals surface area contributed by atoms with Gasteiger partial charge < -0.3 is 4.74 Å². The number of ether oxygens (including phenoxy) is 1. The molecular formula is C16H15Cl3N2O2. The Balaban J connectivity index is 1.85. The molecule has 2 rings (SSSR count). The quantitative estimate of drug-likeness (QED) is 0.720. The summed E-state index contributed by atoms with van der Waals surface area (Å²) in [6.45, 7) is 0. The number of carbonyl (C=O) groups is 1. The average Bonchev–Trinajstić information content (AvgIpc) is 2.52. The van der Waals surface area contributed by atoms with Crippen molar-refractivity contribution < 1.29 is 9.53 Å². The molecule has 0 atom stereocenters. The number of carbonyl (C=O) groups excluding carboxylic acids is 1. The number of amides is 1. The summed E-state index contributed by atoms with van der Waals surface area (Å²) < 4.78 is 5.09. The van der Waals surface area contributed by atoms with Crippen LogP contribution in [0.25, 0.3) is 0 Å². The van der Waals surface area contributed by atoms with Gasteiger partial charge in [0.2, 0.25) is 5.91 Å². The molecule has 0 aliphatic carbocycles. The fraction of sp³-hybridized carbons (Fsp3) is 0.188. The highest BCUT2D eigenvalue weighted by Gasteiger charge is 2.09. The molecule has 2 N–H and O–H groups in total. The summed E-state index contributed by atoms with van der Waals surface area (Å²) in [4.78, 5) is 11.9. The van der Waals surface area contributed by atoms with E-state index < -0.39 is 0 Å². The normalized spacial score (nSPS) is 10.3. The van der Waals surface area contributed by atoms with Crippen LogP contribution in [0.1, 0.15) is 12.0 Å². The average molecular weight is 374 g/mol. The largest absolute Gasteiger partial charge is 0.497 e. The molecule has 122 valence electrons. The highest BCUT2D eigenvalue weighted by atomic mass is 35.5. The van der Waals surface area contributed by atoms with Crippen molar-refractivity contribution in [3.8, 4) is 5.75 Å². The molecule has 4 nitrogen and oxygen atoms in total. The first-order valence-corrected chi connectivity index (χ1v) is 7.95. The predicted octanol–water partition coefficient (Wildman–Crippen LogP) is 4.73. The summed E-state index contributed by atoms with van der Waals surface area (Å²) in [5, 5.41) is 1.09. The molecule has 0 bridgehead atoms. The molecule has 1 amide bonds. The lowest BCUT2D eigenvalue weighted by molar-refractivity contribution is -0.120. The molecule has 0 aliphatic heterocycles. The first kappa shape index (κ1) is 17.7. The molecule has 0 radical (unpaired) electrons. The highest BCUT2D eigenvalue weighted by molar-refractivity contribution is 6.41. The van der Waals surface area contributed by atoms with Gasteiger partial charge in [0.25, 0.3) is 0 Å². The smallest absolute Gasteiger partial charge is 0.238 e. The molecule has 2 aromatic carbocycles. The van der Waals surface area contributed by atoms with E-state index in [2.05, 4.69) is 10.9 Å². The van der Waals surface area contributed by atoms with Crippen molar-refractivity contribution in [2.24, 2.45) is 0 Å². The van der Waals surface area contributed by atoms with Crippen LogP contribution in [0.3, 0.4) is 0 Å². The number of aryl methyl sites for hydroxylation is 1. The van der Waals surface area contributed by atoms with Crippen LogP contribution < -0.4 is 15.6 Å². The van der Waals surface area contributed by atoms with Crippen LogP contribution >= 0.6 is 34.8 Å². The maximum Gasteiger partial charge on any atom is 0.238 e. The number of halogens is 3. The molecule has 0 unspecified atom stereocenters. The Hall–Kier alpha value is -1.62. The third kappa shape index (κ3) is 5.20. The number of rotatable bonds is 6. The first-order chi connectivity index (χ1) is 11.0. The molecular weight excluding hydrogens is 359 g/mol. The van der Waals surface area contributed by atoms with Gasteiger partial charge in [-0.15, -0.1) is 0 Å². The van der Waals surface area contributed by atoms with E-state index in [-0.39, 0.29) is 5.91 Å². The molecule has 0 aliphatic rings. The van der Waals surface area contributed by atoms with E-state index in [4.69, 9.17) is 39.5 Å². The topological polar surface area (TPSA) is 50.4 Å². The van der Waals surface area contributed by atoms with Crippen molar-refractivity contribution in [1.82, 2.24) is 5.43 Å². The summed E-state index contributed by atoms with van der Waals surface area (Å²) >= 11 is 17.9. The van der Waals surface area contributed by atoms with Gasteiger partial charge >= 0.3 is 0 Å². The minimum absolute atomic E-state index is 0.178. The fourth-order valence-corrected chi connectivity index (χ4v) is 2.82. The van der Waals surface area contributed by atoms with Gasteiger partial charge in [0.05, 0.1) is 22.8 Å². The van der Waals surface area contributed by atoms with Crippen molar-refractivity contribution in [2.45, 2.75) is 12.8 Å². The van der Waals surface area contributed by atoms with Crippen molar-refractivity contribution >= 4 is 46.4 Å². The van der Waals surface area contributed by atoms with Crippen molar-refractivity contribution in [3.05, 3.63) is 57.0 Å². The number of hydrogen-bond acceptors (Lipinski definition) is 3. The number of nitrogens with one attached hydrogen (secondary N) is 2. The Morgan fingerprint density at radius 2 is 1.70 bits per heavy atom. The van der Waals surface area contributed by atoms with Crippen molar-refractivity contribution in [1.29, 1.82) is 0 Å². The Kier molecular flexibility index (Phi) is 6.39. The lowest BCUT2D eigenvalue weighted by Gasteiger charge is -2.12. The van der Waals surface area contributed by atoms with E-state index in [0.717, 1.165) is 11.3 Å². The van der Waals surface area contributed by atoms with Crippen molar-refractivity contribution in [3.63, 3.8) is 0 Å². The van der Waals surface area contributed by atoms with Crippen LogP contribution in [0, 0.1) is 0 Å². The van der Waals surface area contributed by atoms with E-state index in [1.807, 2.05) is 24.3 Å². The van der Waals surface area contributed by atoms with E-state index >= 15 is 0 Å². The second kappa shape index (κ2) is 8.29. The number of hydrazine groups is 1. The first-order valence-electron chi connectivity index (χ1n) is 6.82. The van der Waals surface area contributed by atoms with Crippen LogP contribution in [0.4, 0.5) is 5.69 Å². The third-order valence-electron chi connectivity index (χ3n) is 3.13. The van der Waals surface area contributed by atoms with Gasteiger partial charge in [-0.2, -0.15) is 0 Å². The fourth-order valence-electron chi connectivity index (χ4n) is 1.91. The molecule has 23 heavy (non-hydrogen) atoms. The zero-order valence-corrected chi connectivity index (χ0v) is 14.6. The summed E-state index contributed by atoms with van der Waals surface area (Å²) in [6.07, 6.45) is 0.932. The van der Waals surface area contributed by atoms with Gasteiger partial charge in [0, 0.05) is 11.4 Å². The number of benzene rings is 2. The summed E-state index contributed by atoms with van der Waals surface area (Å²) in [5.41, 5.74) is 6.75. The van der Waals surface area contributed by atoms with Crippen LogP contribution in [0.5, 0.6) is 5.75 Å².